The molecule has 1 aliphatic rings. The lowest BCUT2D eigenvalue weighted by Crippen LogP contribution is -2.36. The molecule has 1 aliphatic heterocycles. The van der Waals surface area contributed by atoms with E-state index in [1.807, 2.05) is 24.3 Å². The maximum absolute atomic E-state index is 9.48. The quantitative estimate of drug-likeness (QED) is 0.537. The Labute approximate surface area is 174 Å². The van der Waals surface area contributed by atoms with E-state index < -0.39 is 0 Å². The minimum absolute atomic E-state index is 0.245. The fourth-order valence-electron chi connectivity index (χ4n) is 4.12. The molecule has 1 fully saturated rings. The van der Waals surface area contributed by atoms with Gasteiger partial charge in [0.1, 0.15) is 5.52 Å². The lowest BCUT2D eigenvalue weighted by molar-refractivity contribution is 0.209. The van der Waals surface area contributed by atoms with Crippen LogP contribution in [0.25, 0.3) is 33.5 Å². The number of hydrogen-bond donors (Lipinski definition) is 2. The van der Waals surface area contributed by atoms with Crippen molar-refractivity contribution in [1.29, 1.82) is 0 Å². The van der Waals surface area contributed by atoms with Crippen LogP contribution in [0.1, 0.15) is 12.8 Å². The van der Waals surface area contributed by atoms with E-state index in [1.54, 1.807) is 6.20 Å². The van der Waals surface area contributed by atoms with Gasteiger partial charge in [0, 0.05) is 42.7 Å². The van der Waals surface area contributed by atoms with Gasteiger partial charge in [0.15, 0.2) is 5.76 Å². The lowest BCUT2D eigenvalue weighted by Gasteiger charge is -2.33. The standard InChI is InChI=1S/C23H23N5O2/c24-23-25-10-9-20(26-23)17-5-8-21-19(12-17)22(30-27-21)16-3-6-18(7-4-16)28-11-1-2-15(13-28)14-29/h3-10,12,15,29H,1-2,11,13-14H2,(H2,24,25,26). The first-order chi connectivity index (χ1) is 14.7. The smallest absolute Gasteiger partial charge is 0.220 e. The number of aliphatic hydroxyl groups excluding tert-OH is 1. The molecule has 0 saturated carbocycles. The van der Waals surface area contributed by atoms with Gasteiger partial charge in [-0.1, -0.05) is 11.2 Å². The Kier molecular flexibility index (Phi) is 4.80. The number of hydrogen-bond acceptors (Lipinski definition) is 7. The molecule has 2 aromatic heterocycles. The Balaban J connectivity index is 1.46. The third kappa shape index (κ3) is 3.48. The summed E-state index contributed by atoms with van der Waals surface area (Å²) < 4.78 is 5.68. The van der Waals surface area contributed by atoms with E-state index in [1.165, 1.54) is 0 Å². The van der Waals surface area contributed by atoms with Gasteiger partial charge >= 0.3 is 0 Å². The third-order valence-electron chi connectivity index (χ3n) is 5.72. The lowest BCUT2D eigenvalue weighted by atomic mass is 9.98. The summed E-state index contributed by atoms with van der Waals surface area (Å²) in [4.78, 5) is 10.6. The third-order valence-corrected chi connectivity index (χ3v) is 5.72. The summed E-state index contributed by atoms with van der Waals surface area (Å²) in [5.74, 6) is 1.33. The molecule has 5 rings (SSSR count). The molecule has 0 radical (unpaired) electrons. The largest absolute Gasteiger partial charge is 0.396 e. The molecular weight excluding hydrogens is 378 g/mol. The molecule has 3 N–H and O–H groups in total. The Morgan fingerprint density at radius 2 is 1.93 bits per heavy atom. The van der Waals surface area contributed by atoms with Crippen molar-refractivity contribution in [3.63, 3.8) is 0 Å². The first-order valence-corrected chi connectivity index (χ1v) is 10.2. The molecule has 0 amide bonds. The summed E-state index contributed by atoms with van der Waals surface area (Å²) in [5.41, 5.74) is 10.3. The first kappa shape index (κ1) is 18.6. The zero-order valence-corrected chi connectivity index (χ0v) is 16.5. The van der Waals surface area contributed by atoms with Crippen LogP contribution >= 0.6 is 0 Å². The molecule has 0 aliphatic carbocycles. The minimum Gasteiger partial charge on any atom is -0.396 e. The monoisotopic (exact) mass is 401 g/mol. The van der Waals surface area contributed by atoms with Crippen molar-refractivity contribution in [3.8, 4) is 22.6 Å². The number of piperidine rings is 1. The van der Waals surface area contributed by atoms with Crippen LogP contribution in [0, 0.1) is 5.92 Å². The molecule has 3 heterocycles. The predicted octanol–water partition coefficient (Wildman–Crippen LogP) is 3.74. The highest BCUT2D eigenvalue weighted by Gasteiger charge is 2.20. The second kappa shape index (κ2) is 7.76. The average molecular weight is 401 g/mol. The van der Waals surface area contributed by atoms with Gasteiger partial charge in [-0.25, -0.2) is 9.97 Å². The topological polar surface area (TPSA) is 101 Å². The number of nitrogens with zero attached hydrogens (tertiary/aromatic N) is 4. The second-order valence-electron chi connectivity index (χ2n) is 7.73. The van der Waals surface area contributed by atoms with Crippen molar-refractivity contribution in [1.82, 2.24) is 15.1 Å². The van der Waals surface area contributed by atoms with Crippen LogP contribution in [0.4, 0.5) is 11.6 Å². The zero-order chi connectivity index (χ0) is 20.5. The normalized spacial score (nSPS) is 16.8. The van der Waals surface area contributed by atoms with Crippen molar-refractivity contribution in [2.24, 2.45) is 5.92 Å². The number of aromatic nitrogens is 3. The summed E-state index contributed by atoms with van der Waals surface area (Å²) in [5, 5.41) is 14.6. The summed E-state index contributed by atoms with van der Waals surface area (Å²) in [6.07, 6.45) is 3.85. The van der Waals surface area contributed by atoms with Crippen LogP contribution in [-0.2, 0) is 0 Å². The van der Waals surface area contributed by atoms with Crippen LogP contribution in [0.5, 0.6) is 0 Å². The number of aliphatic hydroxyl groups is 1. The highest BCUT2D eigenvalue weighted by atomic mass is 16.5. The number of rotatable bonds is 4. The van der Waals surface area contributed by atoms with E-state index in [-0.39, 0.29) is 12.6 Å². The molecule has 1 saturated heterocycles. The molecule has 2 aromatic carbocycles. The van der Waals surface area contributed by atoms with E-state index in [0.29, 0.717) is 5.92 Å². The van der Waals surface area contributed by atoms with Crippen molar-refractivity contribution in [2.75, 3.05) is 30.3 Å². The van der Waals surface area contributed by atoms with Gasteiger partial charge in [-0.05, 0) is 61.2 Å². The molecule has 0 bridgehead atoms. The molecule has 1 atom stereocenters. The van der Waals surface area contributed by atoms with E-state index in [4.69, 9.17) is 10.3 Å². The van der Waals surface area contributed by atoms with Crippen molar-refractivity contribution >= 4 is 22.5 Å². The van der Waals surface area contributed by atoms with Crippen LogP contribution in [0.3, 0.4) is 0 Å². The molecule has 4 aromatic rings. The number of fused-ring (bicyclic) bond motifs is 1. The maximum atomic E-state index is 9.48. The fourth-order valence-corrected chi connectivity index (χ4v) is 4.12. The molecule has 152 valence electrons. The fraction of sp³-hybridized carbons (Fsp3) is 0.261. The summed E-state index contributed by atoms with van der Waals surface area (Å²) in [6.45, 7) is 2.16. The molecular formula is C23H23N5O2. The van der Waals surface area contributed by atoms with E-state index in [0.717, 1.165) is 65.1 Å². The molecule has 7 heteroatoms. The summed E-state index contributed by atoms with van der Waals surface area (Å²) >= 11 is 0. The summed E-state index contributed by atoms with van der Waals surface area (Å²) in [7, 11) is 0. The molecule has 0 spiro atoms. The van der Waals surface area contributed by atoms with E-state index >= 15 is 0 Å². The van der Waals surface area contributed by atoms with Gasteiger partial charge in [-0.15, -0.1) is 0 Å². The van der Waals surface area contributed by atoms with Gasteiger partial charge in [-0.2, -0.15) is 0 Å². The van der Waals surface area contributed by atoms with Crippen molar-refractivity contribution in [3.05, 3.63) is 54.7 Å². The summed E-state index contributed by atoms with van der Waals surface area (Å²) in [6, 6.07) is 16.1. The van der Waals surface area contributed by atoms with Gasteiger partial charge in [-0.3, -0.25) is 0 Å². The van der Waals surface area contributed by atoms with Gasteiger partial charge in [0.05, 0.1) is 11.1 Å². The van der Waals surface area contributed by atoms with Gasteiger partial charge in [0.2, 0.25) is 5.95 Å². The number of benzene rings is 2. The molecule has 7 nitrogen and oxygen atoms in total. The number of anilines is 2. The van der Waals surface area contributed by atoms with Crippen LogP contribution in [0.2, 0.25) is 0 Å². The van der Waals surface area contributed by atoms with Gasteiger partial charge < -0.3 is 20.3 Å². The maximum Gasteiger partial charge on any atom is 0.220 e. The van der Waals surface area contributed by atoms with E-state index in [9.17, 15) is 5.11 Å². The van der Waals surface area contributed by atoms with E-state index in [2.05, 4.69) is 44.3 Å². The Bertz CT molecular complexity index is 1170. The van der Waals surface area contributed by atoms with Crippen LogP contribution in [-0.4, -0.2) is 39.9 Å². The Morgan fingerprint density at radius 3 is 2.73 bits per heavy atom. The minimum atomic E-state index is 0.245. The Morgan fingerprint density at radius 1 is 1.10 bits per heavy atom. The first-order valence-electron chi connectivity index (χ1n) is 10.2. The highest BCUT2D eigenvalue weighted by molar-refractivity contribution is 5.94. The van der Waals surface area contributed by atoms with Crippen molar-refractivity contribution in [2.45, 2.75) is 12.8 Å². The average Bonchev–Trinajstić information content (AvgIpc) is 3.22. The second-order valence-corrected chi connectivity index (χ2v) is 7.73. The molecule has 30 heavy (non-hydrogen) atoms. The Hall–Kier alpha value is -3.45. The van der Waals surface area contributed by atoms with Crippen molar-refractivity contribution < 1.29 is 9.63 Å². The number of nitrogen functional groups attached to an aromatic ring is 1. The SMILES string of the molecule is Nc1nccc(-c2ccc3noc(-c4ccc(N5CCCC(CO)C5)cc4)c3c2)n1. The van der Waals surface area contributed by atoms with Crippen LogP contribution < -0.4 is 10.6 Å². The number of nitrogens with two attached hydrogens (primary N) is 1. The molecule has 1 unspecified atom stereocenters. The highest BCUT2D eigenvalue weighted by Crippen LogP contribution is 2.33. The zero-order valence-electron chi connectivity index (χ0n) is 16.5. The van der Waals surface area contributed by atoms with Crippen LogP contribution in [0.15, 0.2) is 59.3 Å². The van der Waals surface area contributed by atoms with Gasteiger partial charge in [0.25, 0.3) is 0 Å². The predicted molar refractivity (Wildman–Crippen MR) is 117 cm³/mol.